The predicted octanol–water partition coefficient (Wildman–Crippen LogP) is 3.59. The minimum absolute atomic E-state index is 0.246. The molecule has 0 spiro atoms. The van der Waals surface area contributed by atoms with Crippen molar-refractivity contribution in [1.82, 2.24) is 14.7 Å². The van der Waals surface area contributed by atoms with Crippen molar-refractivity contribution in [3.8, 4) is 17.0 Å². The molecule has 0 amide bonds. The number of methoxy groups -OCH3 is 1. The Morgan fingerprint density at radius 1 is 1.25 bits per heavy atom. The molecule has 6 heteroatoms. The van der Waals surface area contributed by atoms with Crippen molar-refractivity contribution >= 4 is 10.9 Å². The monoisotopic (exact) mass is 383 g/mol. The first-order valence-electron chi connectivity index (χ1n) is 9.72. The topological polar surface area (TPSA) is 50.5 Å². The summed E-state index contributed by atoms with van der Waals surface area (Å²) in [5.41, 5.74) is 3.63. The van der Waals surface area contributed by atoms with E-state index in [4.69, 9.17) is 4.74 Å². The zero-order chi connectivity index (χ0) is 19.7. The molecule has 28 heavy (non-hydrogen) atoms. The zero-order valence-electron chi connectivity index (χ0n) is 16.4. The molecule has 1 unspecified atom stereocenters. The van der Waals surface area contributed by atoms with Crippen molar-refractivity contribution in [1.29, 1.82) is 0 Å². The van der Waals surface area contributed by atoms with Gasteiger partial charge in [-0.25, -0.2) is 4.39 Å². The fraction of sp³-hybridized carbons (Fsp3) is 0.409. The van der Waals surface area contributed by atoms with Crippen LogP contribution in [0.25, 0.3) is 22.2 Å². The highest BCUT2D eigenvalue weighted by Crippen LogP contribution is 2.35. The largest absolute Gasteiger partial charge is 0.496 e. The quantitative estimate of drug-likeness (QED) is 0.732. The summed E-state index contributed by atoms with van der Waals surface area (Å²) in [5, 5.41) is 14.9. The van der Waals surface area contributed by atoms with Crippen molar-refractivity contribution in [2.24, 2.45) is 13.0 Å². The van der Waals surface area contributed by atoms with Gasteiger partial charge < -0.3 is 9.84 Å². The van der Waals surface area contributed by atoms with E-state index in [2.05, 4.69) is 22.1 Å². The van der Waals surface area contributed by atoms with E-state index < -0.39 is 0 Å². The van der Waals surface area contributed by atoms with Crippen molar-refractivity contribution in [3.63, 3.8) is 0 Å². The van der Waals surface area contributed by atoms with Crippen LogP contribution in [-0.4, -0.2) is 46.6 Å². The maximum Gasteiger partial charge on any atom is 0.128 e. The molecule has 1 aromatic heterocycles. The molecule has 1 aliphatic rings. The van der Waals surface area contributed by atoms with Gasteiger partial charge in [-0.2, -0.15) is 5.10 Å². The van der Waals surface area contributed by atoms with Gasteiger partial charge in [0.25, 0.3) is 0 Å². The van der Waals surface area contributed by atoms with Gasteiger partial charge in [0, 0.05) is 37.7 Å². The number of hydrogen-bond donors (Lipinski definition) is 1. The number of aliphatic hydroxyl groups is 1. The van der Waals surface area contributed by atoms with Gasteiger partial charge in [-0.3, -0.25) is 9.58 Å². The normalized spacial score (nSPS) is 17.9. The lowest BCUT2D eigenvalue weighted by Gasteiger charge is -2.31. The predicted molar refractivity (Wildman–Crippen MR) is 108 cm³/mol. The number of rotatable bonds is 5. The standard InChI is InChI=1S/C22H26FN3O2/c1-25-20-7-6-17(23)11-18(20)22(24-25)19-10-15(5-8-21(19)28-2)12-26-9-3-4-16(13-26)14-27/h5-8,10-11,16,27H,3-4,9,12-14H2,1-2H3. The number of halogens is 1. The molecule has 148 valence electrons. The summed E-state index contributed by atoms with van der Waals surface area (Å²) in [6, 6.07) is 10.8. The van der Waals surface area contributed by atoms with Crippen molar-refractivity contribution in [2.75, 3.05) is 26.8 Å². The molecular weight excluding hydrogens is 357 g/mol. The first kappa shape index (κ1) is 18.9. The number of likely N-dealkylation sites (tertiary alicyclic amines) is 1. The smallest absolute Gasteiger partial charge is 0.128 e. The number of aryl methyl sites for hydroxylation is 1. The van der Waals surface area contributed by atoms with E-state index >= 15 is 0 Å². The minimum Gasteiger partial charge on any atom is -0.496 e. The zero-order valence-corrected chi connectivity index (χ0v) is 16.4. The van der Waals surface area contributed by atoms with Gasteiger partial charge in [0.05, 0.1) is 12.6 Å². The Morgan fingerprint density at radius 2 is 2.11 bits per heavy atom. The van der Waals surface area contributed by atoms with E-state index in [0.29, 0.717) is 5.92 Å². The lowest BCUT2D eigenvalue weighted by atomic mass is 9.98. The van der Waals surface area contributed by atoms with Crippen LogP contribution in [0.1, 0.15) is 18.4 Å². The molecule has 1 saturated heterocycles. The second-order valence-corrected chi connectivity index (χ2v) is 7.59. The Balaban J connectivity index is 1.71. The van der Waals surface area contributed by atoms with Crippen molar-refractivity contribution in [3.05, 3.63) is 47.8 Å². The van der Waals surface area contributed by atoms with E-state index in [-0.39, 0.29) is 12.4 Å². The van der Waals surface area contributed by atoms with Gasteiger partial charge in [0.15, 0.2) is 0 Å². The van der Waals surface area contributed by atoms with Crippen LogP contribution in [0.5, 0.6) is 5.75 Å². The highest BCUT2D eigenvalue weighted by molar-refractivity contribution is 5.95. The van der Waals surface area contributed by atoms with Crippen LogP contribution in [0, 0.1) is 11.7 Å². The molecule has 3 aromatic rings. The van der Waals surface area contributed by atoms with Gasteiger partial charge >= 0.3 is 0 Å². The number of piperidine rings is 1. The number of aliphatic hydroxyl groups excluding tert-OH is 1. The van der Waals surface area contributed by atoms with E-state index in [1.807, 2.05) is 13.1 Å². The van der Waals surface area contributed by atoms with Crippen LogP contribution < -0.4 is 4.74 Å². The van der Waals surface area contributed by atoms with Gasteiger partial charge in [-0.15, -0.1) is 0 Å². The molecular formula is C22H26FN3O2. The molecule has 4 rings (SSSR count). The molecule has 1 fully saturated rings. The SMILES string of the molecule is COc1ccc(CN2CCCC(CO)C2)cc1-c1nn(C)c2ccc(F)cc12. The third kappa shape index (κ3) is 3.62. The Morgan fingerprint density at radius 3 is 2.89 bits per heavy atom. The number of ether oxygens (including phenoxy) is 1. The van der Waals surface area contributed by atoms with E-state index in [9.17, 15) is 9.50 Å². The van der Waals surface area contributed by atoms with Crippen LogP contribution in [0.4, 0.5) is 4.39 Å². The molecule has 2 heterocycles. The van der Waals surface area contributed by atoms with Gasteiger partial charge in [-0.1, -0.05) is 6.07 Å². The molecule has 2 aromatic carbocycles. The fourth-order valence-electron chi connectivity index (χ4n) is 4.18. The number of nitrogens with zero attached hydrogens (tertiary/aromatic N) is 3. The van der Waals surface area contributed by atoms with E-state index in [1.54, 1.807) is 17.9 Å². The van der Waals surface area contributed by atoms with Crippen LogP contribution in [0.2, 0.25) is 0 Å². The van der Waals surface area contributed by atoms with Crippen LogP contribution in [0.15, 0.2) is 36.4 Å². The van der Waals surface area contributed by atoms with Gasteiger partial charge in [0.2, 0.25) is 0 Å². The molecule has 0 bridgehead atoms. The maximum atomic E-state index is 13.9. The first-order valence-corrected chi connectivity index (χ1v) is 9.72. The summed E-state index contributed by atoms with van der Waals surface area (Å²) in [6.45, 7) is 3.01. The summed E-state index contributed by atoms with van der Waals surface area (Å²) >= 11 is 0. The minimum atomic E-state index is -0.278. The Bertz CT molecular complexity index is 985. The molecule has 1 atom stereocenters. The highest BCUT2D eigenvalue weighted by Gasteiger charge is 2.21. The number of fused-ring (bicyclic) bond motifs is 1. The Kier molecular flexibility index (Phi) is 5.33. The second kappa shape index (κ2) is 7.89. The summed E-state index contributed by atoms with van der Waals surface area (Å²) in [6.07, 6.45) is 2.20. The summed E-state index contributed by atoms with van der Waals surface area (Å²) < 4.78 is 21.2. The summed E-state index contributed by atoms with van der Waals surface area (Å²) in [7, 11) is 3.50. The number of benzene rings is 2. The molecule has 0 radical (unpaired) electrons. The molecule has 0 aliphatic carbocycles. The summed E-state index contributed by atoms with van der Waals surface area (Å²) in [4.78, 5) is 2.38. The molecule has 1 N–H and O–H groups in total. The van der Waals surface area contributed by atoms with Crippen LogP contribution >= 0.6 is 0 Å². The molecule has 0 saturated carbocycles. The molecule has 5 nitrogen and oxygen atoms in total. The average Bonchev–Trinajstić information content (AvgIpc) is 3.03. The van der Waals surface area contributed by atoms with Gasteiger partial charge in [-0.05, 0) is 61.2 Å². The lowest BCUT2D eigenvalue weighted by molar-refractivity contribution is 0.116. The fourth-order valence-corrected chi connectivity index (χ4v) is 4.18. The third-order valence-corrected chi connectivity index (χ3v) is 5.60. The van der Waals surface area contributed by atoms with Gasteiger partial charge in [0.1, 0.15) is 17.3 Å². The summed E-state index contributed by atoms with van der Waals surface area (Å²) in [5.74, 6) is 0.800. The number of aromatic nitrogens is 2. The molecule has 1 aliphatic heterocycles. The van der Waals surface area contributed by atoms with Crippen LogP contribution in [-0.2, 0) is 13.6 Å². The van der Waals surface area contributed by atoms with Crippen molar-refractivity contribution < 1.29 is 14.2 Å². The Hall–Kier alpha value is -2.44. The second-order valence-electron chi connectivity index (χ2n) is 7.59. The Labute approximate surface area is 164 Å². The highest BCUT2D eigenvalue weighted by atomic mass is 19.1. The maximum absolute atomic E-state index is 13.9. The lowest BCUT2D eigenvalue weighted by Crippen LogP contribution is -2.36. The van der Waals surface area contributed by atoms with E-state index in [1.165, 1.54) is 12.1 Å². The van der Waals surface area contributed by atoms with Crippen LogP contribution in [0.3, 0.4) is 0 Å². The first-order chi connectivity index (χ1) is 13.6. The van der Waals surface area contributed by atoms with Crippen molar-refractivity contribution in [2.45, 2.75) is 19.4 Å². The number of hydrogen-bond acceptors (Lipinski definition) is 4. The average molecular weight is 383 g/mol. The third-order valence-electron chi connectivity index (χ3n) is 5.60. The van der Waals surface area contributed by atoms with E-state index in [0.717, 1.165) is 65.9 Å².